The van der Waals surface area contributed by atoms with E-state index in [0.29, 0.717) is 0 Å². The van der Waals surface area contributed by atoms with Crippen LogP contribution in [0.1, 0.15) is 47.1 Å². The molecular formula is C19H26O4. The van der Waals surface area contributed by atoms with Gasteiger partial charge in [-0.15, -0.1) is 0 Å². The highest BCUT2D eigenvalue weighted by atomic mass is 16.7. The molecule has 0 saturated heterocycles. The van der Waals surface area contributed by atoms with Crippen LogP contribution >= 0.6 is 0 Å². The molecule has 1 aromatic carbocycles. The normalized spacial score (nSPS) is 12.5. The Balaban J connectivity index is 2.90. The summed E-state index contributed by atoms with van der Waals surface area (Å²) in [6.07, 6.45) is 2.28. The lowest BCUT2D eigenvalue weighted by atomic mass is 9.97. The Morgan fingerprint density at radius 1 is 0.870 bits per heavy atom. The average Bonchev–Trinajstić information content (AvgIpc) is 2.43. The van der Waals surface area contributed by atoms with Gasteiger partial charge in [0.1, 0.15) is 0 Å². The molecule has 23 heavy (non-hydrogen) atoms. The van der Waals surface area contributed by atoms with Crippen molar-refractivity contribution in [3.05, 3.63) is 42.0 Å². The van der Waals surface area contributed by atoms with Crippen LogP contribution in [-0.4, -0.2) is 18.2 Å². The number of ether oxygens (including phenoxy) is 2. The fourth-order valence-corrected chi connectivity index (χ4v) is 1.42. The Labute approximate surface area is 138 Å². The second kappa shape index (κ2) is 7.44. The first-order valence-electron chi connectivity index (χ1n) is 7.65. The maximum atomic E-state index is 12.1. The number of hydrogen-bond acceptors (Lipinski definition) is 4. The van der Waals surface area contributed by atoms with Gasteiger partial charge in [-0.3, -0.25) is 9.59 Å². The summed E-state index contributed by atoms with van der Waals surface area (Å²) < 4.78 is 10.7. The van der Waals surface area contributed by atoms with Crippen LogP contribution < -0.4 is 0 Å². The Kier molecular flexibility index (Phi) is 6.13. The van der Waals surface area contributed by atoms with E-state index in [4.69, 9.17) is 9.47 Å². The van der Waals surface area contributed by atoms with Crippen LogP contribution in [0.5, 0.6) is 0 Å². The molecule has 0 bridgehead atoms. The lowest BCUT2D eigenvalue weighted by Gasteiger charge is -2.24. The van der Waals surface area contributed by atoms with E-state index < -0.39 is 29.1 Å². The first-order chi connectivity index (χ1) is 10.5. The van der Waals surface area contributed by atoms with E-state index in [1.165, 1.54) is 0 Å². The summed E-state index contributed by atoms with van der Waals surface area (Å²) in [5.41, 5.74) is -0.420. The smallest absolute Gasteiger partial charge is 0.314 e. The molecule has 0 aliphatic heterocycles. The van der Waals surface area contributed by atoms with Crippen LogP contribution in [0.4, 0.5) is 0 Å². The fourth-order valence-electron chi connectivity index (χ4n) is 1.42. The zero-order valence-electron chi connectivity index (χ0n) is 14.8. The Morgan fingerprint density at radius 3 is 1.70 bits per heavy atom. The molecule has 0 saturated carbocycles. The van der Waals surface area contributed by atoms with E-state index in [2.05, 4.69) is 0 Å². The summed E-state index contributed by atoms with van der Waals surface area (Å²) in [6, 6.07) is 9.53. The largest absolute Gasteiger partial charge is 0.421 e. The number of rotatable bonds is 4. The standard InChI is InChI=1S/C19H26O4/c1-18(2,3)16(20)22-15(23-17(21)19(4,5)6)13-12-14-10-8-7-9-11-14/h7-13,15H,1-6H3/b13-12+. The molecule has 0 spiro atoms. The van der Waals surface area contributed by atoms with Crippen molar-refractivity contribution in [3.63, 3.8) is 0 Å². The fraction of sp³-hybridized carbons (Fsp3) is 0.474. The van der Waals surface area contributed by atoms with Gasteiger partial charge in [-0.05, 0) is 53.2 Å². The molecule has 0 unspecified atom stereocenters. The van der Waals surface area contributed by atoms with E-state index in [1.807, 2.05) is 30.3 Å². The number of benzene rings is 1. The minimum Gasteiger partial charge on any atom is -0.421 e. The molecule has 4 heteroatoms. The van der Waals surface area contributed by atoms with E-state index in [9.17, 15) is 9.59 Å². The number of esters is 2. The van der Waals surface area contributed by atoms with Crippen molar-refractivity contribution in [1.82, 2.24) is 0 Å². The number of carbonyl (C=O) groups excluding carboxylic acids is 2. The van der Waals surface area contributed by atoms with E-state index >= 15 is 0 Å². The topological polar surface area (TPSA) is 52.6 Å². The van der Waals surface area contributed by atoms with Gasteiger partial charge in [0.2, 0.25) is 0 Å². The van der Waals surface area contributed by atoms with E-state index in [-0.39, 0.29) is 0 Å². The highest BCUT2D eigenvalue weighted by molar-refractivity contribution is 5.77. The van der Waals surface area contributed by atoms with Crippen molar-refractivity contribution in [2.75, 3.05) is 0 Å². The lowest BCUT2D eigenvalue weighted by molar-refractivity contribution is -0.190. The van der Waals surface area contributed by atoms with Crippen LogP contribution in [0, 0.1) is 10.8 Å². The van der Waals surface area contributed by atoms with Gasteiger partial charge >= 0.3 is 11.9 Å². The number of carbonyl (C=O) groups is 2. The zero-order valence-corrected chi connectivity index (χ0v) is 14.8. The van der Waals surface area contributed by atoms with Gasteiger partial charge in [0.25, 0.3) is 6.29 Å². The Hall–Kier alpha value is -2.10. The maximum absolute atomic E-state index is 12.1. The van der Waals surface area contributed by atoms with Crippen molar-refractivity contribution in [3.8, 4) is 0 Å². The monoisotopic (exact) mass is 318 g/mol. The summed E-state index contributed by atoms with van der Waals surface area (Å²) in [7, 11) is 0. The Bertz CT molecular complexity index is 531. The lowest BCUT2D eigenvalue weighted by Crippen LogP contribution is -2.33. The quantitative estimate of drug-likeness (QED) is 0.616. The zero-order chi connectivity index (χ0) is 17.7. The van der Waals surface area contributed by atoms with Gasteiger partial charge in [-0.1, -0.05) is 36.4 Å². The molecule has 0 amide bonds. The minimum absolute atomic E-state index is 0.429. The first-order valence-corrected chi connectivity index (χ1v) is 7.65. The highest BCUT2D eigenvalue weighted by Gasteiger charge is 2.30. The summed E-state index contributed by atoms with van der Waals surface area (Å²) in [4.78, 5) is 24.1. The van der Waals surface area contributed by atoms with Crippen LogP contribution in [0.3, 0.4) is 0 Å². The van der Waals surface area contributed by atoms with Gasteiger partial charge in [-0.2, -0.15) is 0 Å². The molecule has 0 aliphatic rings. The second-order valence-electron chi connectivity index (χ2n) is 7.45. The van der Waals surface area contributed by atoms with Crippen molar-refractivity contribution in [2.24, 2.45) is 10.8 Å². The van der Waals surface area contributed by atoms with Crippen molar-refractivity contribution in [2.45, 2.75) is 47.8 Å². The van der Waals surface area contributed by atoms with Gasteiger partial charge in [0.15, 0.2) is 0 Å². The van der Waals surface area contributed by atoms with Gasteiger partial charge in [0, 0.05) is 0 Å². The Morgan fingerprint density at radius 2 is 1.30 bits per heavy atom. The van der Waals surface area contributed by atoms with Crippen LogP contribution in [0.25, 0.3) is 6.08 Å². The van der Waals surface area contributed by atoms with Crippen molar-refractivity contribution in [1.29, 1.82) is 0 Å². The summed E-state index contributed by atoms with van der Waals surface area (Å²) in [5, 5.41) is 0. The third-order valence-corrected chi connectivity index (χ3v) is 2.92. The van der Waals surface area contributed by atoms with Crippen molar-refractivity contribution < 1.29 is 19.1 Å². The second-order valence-corrected chi connectivity index (χ2v) is 7.45. The third kappa shape index (κ3) is 6.68. The molecular weight excluding hydrogens is 292 g/mol. The van der Waals surface area contributed by atoms with E-state index in [0.717, 1.165) is 5.56 Å². The first kappa shape index (κ1) is 18.9. The molecule has 126 valence electrons. The maximum Gasteiger partial charge on any atom is 0.314 e. The van der Waals surface area contributed by atoms with Crippen LogP contribution in [-0.2, 0) is 19.1 Å². The summed E-state index contributed by atoms with van der Waals surface area (Å²) in [5.74, 6) is -0.858. The molecule has 0 aromatic heterocycles. The number of hydrogen-bond donors (Lipinski definition) is 0. The van der Waals surface area contributed by atoms with Gasteiger partial charge in [0.05, 0.1) is 10.8 Å². The molecule has 0 fully saturated rings. The predicted octanol–water partition coefficient (Wildman–Crippen LogP) is 4.20. The van der Waals surface area contributed by atoms with Crippen LogP contribution in [0.2, 0.25) is 0 Å². The third-order valence-electron chi connectivity index (χ3n) is 2.92. The molecule has 4 nitrogen and oxygen atoms in total. The van der Waals surface area contributed by atoms with Gasteiger partial charge in [-0.25, -0.2) is 0 Å². The average molecular weight is 318 g/mol. The predicted molar refractivity (Wildman–Crippen MR) is 90.4 cm³/mol. The van der Waals surface area contributed by atoms with Crippen molar-refractivity contribution >= 4 is 18.0 Å². The summed E-state index contributed by atoms with van der Waals surface area (Å²) >= 11 is 0. The molecule has 1 rings (SSSR count). The summed E-state index contributed by atoms with van der Waals surface area (Å²) in [6.45, 7) is 10.5. The molecule has 0 radical (unpaired) electrons. The molecule has 0 N–H and O–H groups in total. The molecule has 0 aliphatic carbocycles. The highest BCUT2D eigenvalue weighted by Crippen LogP contribution is 2.21. The molecule has 1 aromatic rings. The van der Waals surface area contributed by atoms with Crippen LogP contribution in [0.15, 0.2) is 36.4 Å². The van der Waals surface area contributed by atoms with Gasteiger partial charge < -0.3 is 9.47 Å². The molecule has 0 atom stereocenters. The SMILES string of the molecule is CC(C)(C)C(=O)OC(/C=C/c1ccccc1)OC(=O)C(C)(C)C. The minimum atomic E-state index is -1.05. The molecule has 0 heterocycles. The van der Waals surface area contributed by atoms with E-state index in [1.54, 1.807) is 53.7 Å².